The number of nitrogens with zero attached hydrogens (tertiary/aromatic N) is 4. The lowest BCUT2D eigenvalue weighted by molar-refractivity contribution is 0.0957. The minimum Gasteiger partial charge on any atom is -0.304 e. The van der Waals surface area contributed by atoms with Gasteiger partial charge in [-0.2, -0.15) is 5.10 Å². The Kier molecular flexibility index (Phi) is 3.74. The summed E-state index contributed by atoms with van der Waals surface area (Å²) in [6.07, 6.45) is 2.85. The molecule has 0 aromatic carbocycles. The van der Waals surface area contributed by atoms with E-state index >= 15 is 0 Å². The van der Waals surface area contributed by atoms with Gasteiger partial charge < -0.3 is 5.32 Å². The molecular weight excluding hydrogens is 260 g/mol. The van der Waals surface area contributed by atoms with Crippen LogP contribution in [-0.2, 0) is 7.05 Å². The molecule has 0 atom stereocenters. The third kappa shape index (κ3) is 2.79. The van der Waals surface area contributed by atoms with Crippen LogP contribution >= 0.6 is 0 Å². The van der Waals surface area contributed by atoms with E-state index in [2.05, 4.69) is 25.7 Å². The number of urea groups is 1. The normalized spacial score (nSPS) is 10.2. The molecule has 0 aliphatic rings. The molecule has 0 spiro atoms. The van der Waals surface area contributed by atoms with Gasteiger partial charge >= 0.3 is 6.03 Å². The third-order valence-electron chi connectivity index (χ3n) is 2.74. The van der Waals surface area contributed by atoms with Gasteiger partial charge in [-0.25, -0.2) is 14.8 Å². The van der Waals surface area contributed by atoms with Crippen molar-refractivity contribution in [2.45, 2.75) is 13.8 Å². The molecule has 2 heterocycles. The molecule has 8 nitrogen and oxygen atoms in total. The summed E-state index contributed by atoms with van der Waals surface area (Å²) >= 11 is 0. The number of aromatic nitrogens is 4. The first-order valence-electron chi connectivity index (χ1n) is 5.88. The number of carbonyl (C=O) groups excluding carboxylic acids is 2. The molecule has 0 saturated carbocycles. The van der Waals surface area contributed by atoms with Crippen molar-refractivity contribution in [3.05, 3.63) is 35.7 Å². The topological polar surface area (TPSA) is 102 Å². The lowest BCUT2D eigenvalue weighted by atomic mass is 10.3. The molecule has 3 amide bonds. The van der Waals surface area contributed by atoms with Gasteiger partial charge in [0.25, 0.3) is 5.91 Å². The van der Waals surface area contributed by atoms with Crippen molar-refractivity contribution in [1.29, 1.82) is 0 Å². The molecule has 0 fully saturated rings. The number of carbonyl (C=O) groups is 2. The number of anilines is 1. The Morgan fingerprint density at radius 2 is 1.85 bits per heavy atom. The van der Waals surface area contributed by atoms with Gasteiger partial charge in [-0.1, -0.05) is 0 Å². The summed E-state index contributed by atoms with van der Waals surface area (Å²) in [7, 11) is 1.77. The second-order valence-electron chi connectivity index (χ2n) is 4.15. The highest BCUT2D eigenvalue weighted by Crippen LogP contribution is 2.17. The zero-order valence-corrected chi connectivity index (χ0v) is 11.3. The second-order valence-corrected chi connectivity index (χ2v) is 4.15. The largest absolute Gasteiger partial charge is 0.326 e. The van der Waals surface area contributed by atoms with Crippen LogP contribution in [0.1, 0.15) is 22.0 Å². The molecule has 2 rings (SSSR count). The molecule has 0 bridgehead atoms. The number of amides is 3. The van der Waals surface area contributed by atoms with Gasteiger partial charge in [0.2, 0.25) is 5.82 Å². The Balaban J connectivity index is 2.05. The van der Waals surface area contributed by atoms with Crippen molar-refractivity contribution in [1.82, 2.24) is 25.1 Å². The quantitative estimate of drug-likeness (QED) is 0.843. The van der Waals surface area contributed by atoms with Crippen LogP contribution in [0.5, 0.6) is 0 Å². The fourth-order valence-corrected chi connectivity index (χ4v) is 1.67. The SMILES string of the molecule is Cc1nn(C)c(C)c1NC(=O)NC(=O)c1ncccn1. The van der Waals surface area contributed by atoms with Crippen molar-refractivity contribution in [2.24, 2.45) is 7.05 Å². The molecule has 2 aromatic rings. The molecule has 104 valence electrons. The molecule has 2 aromatic heterocycles. The van der Waals surface area contributed by atoms with Crippen LogP contribution in [0.3, 0.4) is 0 Å². The van der Waals surface area contributed by atoms with Crippen molar-refractivity contribution in [2.75, 3.05) is 5.32 Å². The van der Waals surface area contributed by atoms with Crippen molar-refractivity contribution in [3.63, 3.8) is 0 Å². The Morgan fingerprint density at radius 3 is 2.40 bits per heavy atom. The van der Waals surface area contributed by atoms with Crippen molar-refractivity contribution < 1.29 is 9.59 Å². The molecule has 0 aliphatic heterocycles. The molecular formula is C12H14N6O2. The van der Waals surface area contributed by atoms with Gasteiger partial charge in [-0.15, -0.1) is 0 Å². The van der Waals surface area contributed by atoms with Crippen LogP contribution in [0.4, 0.5) is 10.5 Å². The summed E-state index contributed by atoms with van der Waals surface area (Å²) in [4.78, 5) is 31.0. The average Bonchev–Trinajstić information content (AvgIpc) is 2.66. The van der Waals surface area contributed by atoms with Gasteiger partial charge in [-0.3, -0.25) is 14.8 Å². The molecule has 2 N–H and O–H groups in total. The van der Waals surface area contributed by atoms with Gasteiger partial charge in [0.1, 0.15) is 0 Å². The van der Waals surface area contributed by atoms with Gasteiger partial charge in [0.15, 0.2) is 0 Å². The van der Waals surface area contributed by atoms with Crippen molar-refractivity contribution in [3.8, 4) is 0 Å². The summed E-state index contributed by atoms with van der Waals surface area (Å²) in [5.74, 6) is -0.732. The lowest BCUT2D eigenvalue weighted by Gasteiger charge is -2.06. The van der Waals surface area contributed by atoms with Crippen LogP contribution in [0.2, 0.25) is 0 Å². The van der Waals surface area contributed by atoms with E-state index in [0.717, 1.165) is 5.69 Å². The fourth-order valence-electron chi connectivity index (χ4n) is 1.67. The van der Waals surface area contributed by atoms with Gasteiger partial charge in [0, 0.05) is 19.4 Å². The van der Waals surface area contributed by atoms with Crippen molar-refractivity contribution >= 4 is 17.6 Å². The molecule has 0 aliphatic carbocycles. The molecule has 0 saturated heterocycles. The van der Waals surface area contributed by atoms with Crippen LogP contribution in [0, 0.1) is 13.8 Å². The van der Waals surface area contributed by atoms with E-state index in [1.165, 1.54) is 12.4 Å². The number of nitrogens with one attached hydrogen (secondary N) is 2. The molecule has 8 heteroatoms. The van der Waals surface area contributed by atoms with Crippen LogP contribution in [-0.4, -0.2) is 31.7 Å². The van der Waals surface area contributed by atoms with Gasteiger partial charge in [0.05, 0.1) is 17.1 Å². The summed E-state index contributed by atoms with van der Waals surface area (Å²) < 4.78 is 1.65. The van der Waals surface area contributed by atoms with E-state index in [4.69, 9.17) is 0 Å². The van der Waals surface area contributed by atoms with E-state index in [0.29, 0.717) is 11.4 Å². The first kappa shape index (κ1) is 13.7. The third-order valence-corrected chi connectivity index (χ3v) is 2.74. The first-order chi connectivity index (χ1) is 9.49. The predicted molar refractivity (Wildman–Crippen MR) is 71.2 cm³/mol. The maximum Gasteiger partial charge on any atom is 0.326 e. The Morgan fingerprint density at radius 1 is 1.20 bits per heavy atom. The number of aryl methyl sites for hydroxylation is 2. The summed E-state index contributed by atoms with van der Waals surface area (Å²) in [5, 5.41) is 8.91. The maximum atomic E-state index is 11.8. The summed E-state index contributed by atoms with van der Waals surface area (Å²) in [6, 6.07) is 0.931. The standard InChI is InChI=1S/C12H14N6O2/c1-7-9(8(2)18(3)17-7)15-12(20)16-11(19)10-13-5-4-6-14-10/h4-6H,1-3H3,(H2,15,16,19,20). The highest BCUT2D eigenvalue weighted by molar-refractivity contribution is 6.06. The zero-order valence-electron chi connectivity index (χ0n) is 11.3. The number of hydrogen-bond acceptors (Lipinski definition) is 5. The highest BCUT2D eigenvalue weighted by Gasteiger charge is 2.16. The summed E-state index contributed by atoms with van der Waals surface area (Å²) in [5.41, 5.74) is 2.04. The average molecular weight is 274 g/mol. The number of rotatable bonds is 2. The van der Waals surface area contributed by atoms with E-state index in [1.54, 1.807) is 24.7 Å². The summed E-state index contributed by atoms with van der Waals surface area (Å²) in [6.45, 7) is 3.59. The second kappa shape index (κ2) is 5.47. The number of hydrogen-bond donors (Lipinski definition) is 2. The predicted octanol–water partition coefficient (Wildman–Crippen LogP) is 0.789. The molecule has 0 radical (unpaired) electrons. The first-order valence-corrected chi connectivity index (χ1v) is 5.88. The fraction of sp³-hybridized carbons (Fsp3) is 0.250. The van der Waals surface area contributed by atoms with E-state index in [9.17, 15) is 9.59 Å². The Bertz CT molecular complexity index is 649. The molecule has 0 unspecified atom stereocenters. The smallest absolute Gasteiger partial charge is 0.304 e. The monoisotopic (exact) mass is 274 g/mol. The molecule has 20 heavy (non-hydrogen) atoms. The van der Waals surface area contributed by atoms with Gasteiger partial charge in [-0.05, 0) is 19.9 Å². The van der Waals surface area contributed by atoms with E-state index < -0.39 is 11.9 Å². The minimum absolute atomic E-state index is 0.0673. The minimum atomic E-state index is -0.665. The maximum absolute atomic E-state index is 11.8. The van der Waals surface area contributed by atoms with Crippen LogP contribution in [0.15, 0.2) is 18.5 Å². The Hall–Kier alpha value is -2.77. The Labute approximate surface area is 115 Å². The van der Waals surface area contributed by atoms with E-state index in [1.807, 2.05) is 6.92 Å². The zero-order chi connectivity index (χ0) is 14.7. The van der Waals surface area contributed by atoms with Crippen LogP contribution < -0.4 is 10.6 Å². The lowest BCUT2D eigenvalue weighted by Crippen LogP contribution is -2.35. The number of imide groups is 1. The van der Waals surface area contributed by atoms with E-state index in [-0.39, 0.29) is 5.82 Å². The van der Waals surface area contributed by atoms with Crippen LogP contribution in [0.25, 0.3) is 0 Å². The highest BCUT2D eigenvalue weighted by atomic mass is 16.2.